The number of nitrogens with one attached hydrogen (secondary N) is 1. The molecule has 4 rings (SSSR count). The quantitative estimate of drug-likeness (QED) is 0.805. The monoisotopic (exact) mass is 419 g/mol. The van der Waals surface area contributed by atoms with Crippen LogP contribution in [0, 0.1) is 5.82 Å². The predicted octanol–water partition coefficient (Wildman–Crippen LogP) is 3.35. The van der Waals surface area contributed by atoms with E-state index in [2.05, 4.69) is 15.1 Å². The van der Waals surface area contributed by atoms with E-state index < -0.39 is 0 Å². The maximum atomic E-state index is 13.2. The fraction of sp³-hybridized carbons (Fsp3) is 0.381. The molecule has 8 heteroatoms. The van der Waals surface area contributed by atoms with Crippen LogP contribution >= 0.6 is 11.6 Å². The smallest absolute Gasteiger partial charge is 0.241 e. The first-order valence-corrected chi connectivity index (χ1v) is 9.98. The van der Waals surface area contributed by atoms with Crippen LogP contribution in [0.4, 0.5) is 10.1 Å². The zero-order valence-corrected chi connectivity index (χ0v) is 16.9. The zero-order valence-electron chi connectivity index (χ0n) is 16.2. The lowest BCUT2D eigenvalue weighted by Gasteiger charge is -2.37. The van der Waals surface area contributed by atoms with E-state index in [0.717, 1.165) is 31.7 Å². The molecule has 6 nitrogen and oxygen atoms in total. The van der Waals surface area contributed by atoms with Gasteiger partial charge in [-0.05, 0) is 36.8 Å². The summed E-state index contributed by atoms with van der Waals surface area (Å²) < 4.78 is 23.9. The number of ether oxygens (including phenoxy) is 2. The summed E-state index contributed by atoms with van der Waals surface area (Å²) in [4.78, 5) is 17.1. The first-order valence-electron chi connectivity index (χ1n) is 9.60. The van der Waals surface area contributed by atoms with Crippen LogP contribution in [0.3, 0.4) is 0 Å². The Morgan fingerprint density at radius 1 is 1.14 bits per heavy atom. The van der Waals surface area contributed by atoms with E-state index in [4.69, 9.17) is 21.1 Å². The minimum atomic E-state index is -0.328. The van der Waals surface area contributed by atoms with Crippen molar-refractivity contribution in [3.8, 4) is 11.5 Å². The molecule has 2 aliphatic heterocycles. The average molecular weight is 420 g/mol. The van der Waals surface area contributed by atoms with Crippen molar-refractivity contribution in [3.63, 3.8) is 0 Å². The normalized spacial score (nSPS) is 17.9. The van der Waals surface area contributed by atoms with Crippen molar-refractivity contribution in [3.05, 3.63) is 52.8 Å². The summed E-state index contributed by atoms with van der Waals surface area (Å²) in [6.45, 7) is 5.96. The number of rotatable bonds is 5. The molecule has 1 N–H and O–H groups in total. The molecule has 2 aliphatic rings. The van der Waals surface area contributed by atoms with Gasteiger partial charge in [-0.3, -0.25) is 14.6 Å². The maximum Gasteiger partial charge on any atom is 0.241 e. The number of amides is 1. The molecule has 0 aliphatic carbocycles. The van der Waals surface area contributed by atoms with Crippen LogP contribution in [0.15, 0.2) is 36.4 Å². The molecule has 0 aromatic heterocycles. The van der Waals surface area contributed by atoms with Crippen LogP contribution < -0.4 is 14.8 Å². The summed E-state index contributed by atoms with van der Waals surface area (Å²) in [5, 5.41) is 3.40. The van der Waals surface area contributed by atoms with Gasteiger partial charge in [-0.1, -0.05) is 17.7 Å². The van der Waals surface area contributed by atoms with E-state index in [1.165, 1.54) is 12.1 Å². The van der Waals surface area contributed by atoms with Crippen LogP contribution in [0.1, 0.15) is 12.5 Å². The molecule has 0 spiro atoms. The van der Waals surface area contributed by atoms with Gasteiger partial charge in [0.2, 0.25) is 12.7 Å². The topological polar surface area (TPSA) is 54.0 Å². The lowest BCUT2D eigenvalue weighted by atomic mass is 10.1. The Kier molecular flexibility index (Phi) is 5.89. The van der Waals surface area contributed by atoms with Gasteiger partial charge in [0, 0.05) is 49.5 Å². The third kappa shape index (κ3) is 4.63. The highest BCUT2D eigenvalue weighted by Gasteiger charge is 2.26. The summed E-state index contributed by atoms with van der Waals surface area (Å²) in [5.74, 6) is 0.946. The average Bonchev–Trinajstić information content (AvgIpc) is 3.18. The number of nitrogens with zero attached hydrogens (tertiary/aromatic N) is 2. The fourth-order valence-corrected chi connectivity index (χ4v) is 3.81. The van der Waals surface area contributed by atoms with Gasteiger partial charge in [0.15, 0.2) is 11.5 Å². The second-order valence-corrected chi connectivity index (χ2v) is 7.69. The van der Waals surface area contributed by atoms with Gasteiger partial charge < -0.3 is 14.8 Å². The molecule has 1 fully saturated rings. The molecule has 1 unspecified atom stereocenters. The molecule has 2 aromatic carbocycles. The SMILES string of the molecule is CC(C(=O)Nc1ccc2c(c1)OCO2)N1CCN(Cc2ccc(F)cc2Cl)CC1. The molecule has 154 valence electrons. The van der Waals surface area contributed by atoms with Gasteiger partial charge in [0.1, 0.15) is 5.82 Å². The van der Waals surface area contributed by atoms with Gasteiger partial charge in [0.25, 0.3) is 0 Å². The second kappa shape index (κ2) is 8.57. The van der Waals surface area contributed by atoms with Gasteiger partial charge in [0.05, 0.1) is 6.04 Å². The third-order valence-electron chi connectivity index (χ3n) is 5.38. The van der Waals surface area contributed by atoms with Gasteiger partial charge in [-0.2, -0.15) is 0 Å². The lowest BCUT2D eigenvalue weighted by Crippen LogP contribution is -2.52. The van der Waals surface area contributed by atoms with Crippen molar-refractivity contribution >= 4 is 23.2 Å². The molecule has 29 heavy (non-hydrogen) atoms. The molecule has 1 amide bonds. The molecule has 1 saturated heterocycles. The van der Waals surface area contributed by atoms with Crippen molar-refractivity contribution in [1.29, 1.82) is 0 Å². The molecule has 0 saturated carbocycles. The van der Waals surface area contributed by atoms with E-state index in [-0.39, 0.29) is 24.6 Å². The Balaban J connectivity index is 1.29. The maximum absolute atomic E-state index is 13.2. The molecule has 0 radical (unpaired) electrons. The summed E-state index contributed by atoms with van der Waals surface area (Å²) >= 11 is 6.13. The zero-order chi connectivity index (χ0) is 20.4. The van der Waals surface area contributed by atoms with Crippen LogP contribution in [-0.2, 0) is 11.3 Å². The summed E-state index contributed by atoms with van der Waals surface area (Å²) in [7, 11) is 0. The number of carbonyl (C=O) groups is 1. The standard InChI is InChI=1S/C21H23ClFN3O3/c1-14(21(27)24-17-4-5-19-20(11-17)29-13-28-19)26-8-6-25(7-9-26)12-15-2-3-16(23)10-18(15)22/h2-5,10-11,14H,6-9,12-13H2,1H3,(H,24,27). The largest absolute Gasteiger partial charge is 0.454 e. The van der Waals surface area contributed by atoms with Crippen molar-refractivity contribution in [2.45, 2.75) is 19.5 Å². The first-order chi connectivity index (χ1) is 14.0. The Labute approximate surface area is 174 Å². The van der Waals surface area contributed by atoms with Gasteiger partial charge in [-0.25, -0.2) is 4.39 Å². The van der Waals surface area contributed by atoms with E-state index in [1.54, 1.807) is 18.2 Å². The minimum absolute atomic E-state index is 0.0566. The Morgan fingerprint density at radius 3 is 2.66 bits per heavy atom. The van der Waals surface area contributed by atoms with Crippen molar-refractivity contribution in [1.82, 2.24) is 9.80 Å². The predicted molar refractivity (Wildman–Crippen MR) is 109 cm³/mol. The highest BCUT2D eigenvalue weighted by atomic mass is 35.5. The molecular formula is C21H23ClFN3O3. The van der Waals surface area contributed by atoms with Crippen molar-refractivity contribution in [2.75, 3.05) is 38.3 Å². The highest BCUT2D eigenvalue weighted by Crippen LogP contribution is 2.34. The lowest BCUT2D eigenvalue weighted by molar-refractivity contribution is -0.121. The third-order valence-corrected chi connectivity index (χ3v) is 5.74. The molecular weight excluding hydrogens is 397 g/mol. The van der Waals surface area contributed by atoms with E-state index >= 15 is 0 Å². The van der Waals surface area contributed by atoms with E-state index in [9.17, 15) is 9.18 Å². The summed E-state index contributed by atoms with van der Waals surface area (Å²) in [6.07, 6.45) is 0. The van der Waals surface area contributed by atoms with Gasteiger partial charge >= 0.3 is 0 Å². The van der Waals surface area contributed by atoms with Crippen LogP contribution in [0.2, 0.25) is 5.02 Å². The Morgan fingerprint density at radius 2 is 1.90 bits per heavy atom. The molecule has 1 atom stereocenters. The summed E-state index contributed by atoms with van der Waals surface area (Å²) in [6, 6.07) is 9.63. The number of anilines is 1. The number of hydrogen-bond acceptors (Lipinski definition) is 5. The van der Waals surface area contributed by atoms with Gasteiger partial charge in [-0.15, -0.1) is 0 Å². The van der Waals surface area contributed by atoms with Crippen molar-refractivity contribution in [2.24, 2.45) is 0 Å². The number of carbonyl (C=O) groups excluding carboxylic acids is 1. The van der Waals surface area contributed by atoms with Crippen LogP contribution in [-0.4, -0.2) is 54.7 Å². The van der Waals surface area contributed by atoms with Crippen LogP contribution in [0.5, 0.6) is 11.5 Å². The number of piperazine rings is 1. The van der Waals surface area contributed by atoms with E-state index in [0.29, 0.717) is 28.8 Å². The fourth-order valence-electron chi connectivity index (χ4n) is 3.59. The highest BCUT2D eigenvalue weighted by molar-refractivity contribution is 6.31. The molecule has 0 bridgehead atoms. The van der Waals surface area contributed by atoms with Crippen molar-refractivity contribution < 1.29 is 18.7 Å². The number of benzene rings is 2. The Bertz CT molecular complexity index is 903. The molecule has 2 heterocycles. The Hall–Kier alpha value is -2.35. The number of hydrogen-bond donors (Lipinski definition) is 1. The number of fused-ring (bicyclic) bond motifs is 1. The minimum Gasteiger partial charge on any atom is -0.454 e. The number of halogens is 2. The van der Waals surface area contributed by atoms with Crippen LogP contribution in [0.25, 0.3) is 0 Å². The van der Waals surface area contributed by atoms with E-state index in [1.807, 2.05) is 13.0 Å². The summed E-state index contributed by atoms with van der Waals surface area (Å²) in [5.41, 5.74) is 1.60. The second-order valence-electron chi connectivity index (χ2n) is 7.28. The first kappa shape index (κ1) is 19.9. The molecule has 2 aromatic rings.